The molecule has 1 aromatic rings. The van der Waals surface area contributed by atoms with E-state index in [9.17, 15) is 9.59 Å². The zero-order chi connectivity index (χ0) is 10.0. The fourth-order valence-electron chi connectivity index (χ4n) is 0.807. The zero-order valence-electron chi connectivity index (χ0n) is 7.27. The van der Waals surface area contributed by atoms with E-state index < -0.39 is 5.97 Å². The monoisotopic (exact) mass is 183 g/mol. The van der Waals surface area contributed by atoms with Gasteiger partial charge in [-0.1, -0.05) is 0 Å². The van der Waals surface area contributed by atoms with Gasteiger partial charge in [-0.3, -0.25) is 4.79 Å². The van der Waals surface area contributed by atoms with Crippen LogP contribution in [0.2, 0.25) is 0 Å². The molecule has 1 heterocycles. The Hall–Kier alpha value is -1.85. The zero-order valence-corrected chi connectivity index (χ0v) is 7.27. The minimum atomic E-state index is -0.659. The van der Waals surface area contributed by atoms with E-state index in [2.05, 4.69) is 9.84 Å². The second-order valence-electron chi connectivity index (χ2n) is 2.40. The van der Waals surface area contributed by atoms with E-state index in [0.29, 0.717) is 0 Å². The molecule has 0 aliphatic heterocycles. The quantitative estimate of drug-likeness (QED) is 0.573. The predicted molar refractivity (Wildman–Crippen MR) is 45.2 cm³/mol. The molecule has 70 valence electrons. The van der Waals surface area contributed by atoms with E-state index >= 15 is 0 Å². The van der Waals surface area contributed by atoms with Crippen LogP contribution in [0.3, 0.4) is 0 Å². The van der Waals surface area contributed by atoms with Crippen molar-refractivity contribution in [3.63, 3.8) is 0 Å². The molecule has 0 aromatic carbocycles. The van der Waals surface area contributed by atoms with Crippen LogP contribution in [0.5, 0.6) is 0 Å². The number of esters is 1. The highest BCUT2D eigenvalue weighted by Gasteiger charge is 2.13. The van der Waals surface area contributed by atoms with Gasteiger partial charge in [0.1, 0.15) is 0 Å². The van der Waals surface area contributed by atoms with E-state index in [-0.39, 0.29) is 16.9 Å². The van der Waals surface area contributed by atoms with Crippen LogP contribution in [-0.4, -0.2) is 22.9 Å². The number of hydrogen-bond donors (Lipinski definition) is 1. The number of nitrogens with two attached hydrogens (primary N) is 1. The van der Waals surface area contributed by atoms with Crippen molar-refractivity contribution in [1.29, 1.82) is 0 Å². The molecule has 0 aliphatic carbocycles. The van der Waals surface area contributed by atoms with Crippen LogP contribution in [-0.2, 0) is 11.8 Å². The van der Waals surface area contributed by atoms with Gasteiger partial charge in [0.2, 0.25) is 0 Å². The van der Waals surface area contributed by atoms with Gasteiger partial charge in [-0.15, -0.1) is 0 Å². The Kier molecular flexibility index (Phi) is 2.32. The second-order valence-corrected chi connectivity index (χ2v) is 2.40. The maximum atomic E-state index is 11.0. The lowest BCUT2D eigenvalue weighted by molar-refractivity contribution is 0.0592. The lowest BCUT2D eigenvalue weighted by atomic mass is 10.3. The number of aromatic nitrogens is 2. The van der Waals surface area contributed by atoms with Crippen LogP contribution in [0.4, 0.5) is 5.69 Å². The number of ether oxygens (including phenoxy) is 1. The van der Waals surface area contributed by atoms with Crippen molar-refractivity contribution >= 4 is 11.7 Å². The van der Waals surface area contributed by atoms with Crippen LogP contribution in [0.25, 0.3) is 0 Å². The molecule has 6 nitrogen and oxygen atoms in total. The van der Waals surface area contributed by atoms with Gasteiger partial charge in [0.05, 0.1) is 12.8 Å². The first-order chi connectivity index (χ1) is 6.06. The van der Waals surface area contributed by atoms with Gasteiger partial charge in [-0.2, -0.15) is 5.10 Å². The largest absolute Gasteiger partial charge is 0.464 e. The van der Waals surface area contributed by atoms with Crippen molar-refractivity contribution in [3.05, 3.63) is 22.1 Å². The first kappa shape index (κ1) is 9.24. The molecule has 13 heavy (non-hydrogen) atoms. The normalized spacial score (nSPS) is 9.69. The second kappa shape index (κ2) is 3.26. The van der Waals surface area contributed by atoms with Crippen LogP contribution in [0.1, 0.15) is 10.5 Å². The number of aryl methyl sites for hydroxylation is 1. The third-order valence-corrected chi connectivity index (χ3v) is 1.50. The van der Waals surface area contributed by atoms with Gasteiger partial charge in [0.25, 0.3) is 5.56 Å². The summed E-state index contributed by atoms with van der Waals surface area (Å²) in [6.45, 7) is 0. The smallest absolute Gasteiger partial charge is 0.360 e. The summed E-state index contributed by atoms with van der Waals surface area (Å²) in [6.07, 6.45) is 0. The lowest BCUT2D eigenvalue weighted by Gasteiger charge is -2.03. The summed E-state index contributed by atoms with van der Waals surface area (Å²) < 4.78 is 5.43. The van der Waals surface area contributed by atoms with Crippen molar-refractivity contribution < 1.29 is 9.53 Å². The molecule has 0 bridgehead atoms. The number of carbonyl (C=O) groups is 1. The van der Waals surface area contributed by atoms with Crippen molar-refractivity contribution in [3.8, 4) is 0 Å². The van der Waals surface area contributed by atoms with Crippen molar-refractivity contribution in [1.82, 2.24) is 9.78 Å². The third kappa shape index (κ3) is 1.66. The Morgan fingerprint density at radius 2 is 2.31 bits per heavy atom. The predicted octanol–water partition coefficient (Wildman–Crippen LogP) is -0.851. The SMILES string of the molecule is COC(=O)c1nn(C)c(=O)cc1N. The van der Waals surface area contributed by atoms with Gasteiger partial charge < -0.3 is 10.5 Å². The highest BCUT2D eigenvalue weighted by molar-refractivity contribution is 5.92. The number of nitrogen functional groups attached to an aromatic ring is 1. The molecule has 0 fully saturated rings. The molecule has 0 radical (unpaired) electrons. The molecule has 0 saturated heterocycles. The Bertz CT molecular complexity index is 396. The Morgan fingerprint density at radius 3 is 2.85 bits per heavy atom. The maximum Gasteiger partial charge on any atom is 0.360 e. The molecule has 1 aromatic heterocycles. The highest BCUT2D eigenvalue weighted by Crippen LogP contribution is 2.04. The number of hydrogen-bond acceptors (Lipinski definition) is 5. The van der Waals surface area contributed by atoms with E-state index in [1.54, 1.807) is 0 Å². The summed E-state index contributed by atoms with van der Waals surface area (Å²) in [5, 5.41) is 3.65. The van der Waals surface area contributed by atoms with Crippen LogP contribution in [0.15, 0.2) is 10.9 Å². The molecule has 0 amide bonds. The average Bonchev–Trinajstić information content (AvgIpc) is 2.10. The summed E-state index contributed by atoms with van der Waals surface area (Å²) >= 11 is 0. The molecule has 2 N–H and O–H groups in total. The molecule has 0 atom stereocenters. The molecule has 1 rings (SSSR count). The van der Waals surface area contributed by atoms with Crippen molar-refractivity contribution in [2.75, 3.05) is 12.8 Å². The summed E-state index contributed by atoms with van der Waals surface area (Å²) in [4.78, 5) is 22.0. The standard InChI is InChI=1S/C7H9N3O3/c1-10-5(11)3-4(8)6(9-10)7(12)13-2/h3H,8H2,1-2H3. The van der Waals surface area contributed by atoms with E-state index in [0.717, 1.165) is 10.7 Å². The average molecular weight is 183 g/mol. The Balaban J connectivity index is 3.31. The fourth-order valence-corrected chi connectivity index (χ4v) is 0.807. The van der Waals surface area contributed by atoms with Crippen LogP contribution < -0.4 is 11.3 Å². The molecule has 0 saturated carbocycles. The first-order valence-electron chi connectivity index (χ1n) is 3.48. The van der Waals surface area contributed by atoms with Crippen LogP contribution in [0, 0.1) is 0 Å². The first-order valence-corrected chi connectivity index (χ1v) is 3.48. The number of carbonyl (C=O) groups excluding carboxylic acids is 1. The van der Waals surface area contributed by atoms with Crippen LogP contribution >= 0.6 is 0 Å². The molecular formula is C7H9N3O3. The number of nitrogens with zero attached hydrogens (tertiary/aromatic N) is 2. The molecular weight excluding hydrogens is 174 g/mol. The van der Waals surface area contributed by atoms with Crippen molar-refractivity contribution in [2.45, 2.75) is 0 Å². The minimum Gasteiger partial charge on any atom is -0.464 e. The van der Waals surface area contributed by atoms with Gasteiger partial charge in [0.15, 0.2) is 5.69 Å². The number of methoxy groups -OCH3 is 1. The number of rotatable bonds is 1. The van der Waals surface area contributed by atoms with E-state index in [4.69, 9.17) is 5.73 Å². The lowest BCUT2D eigenvalue weighted by Crippen LogP contribution is -2.23. The van der Waals surface area contributed by atoms with Gasteiger partial charge in [-0.25, -0.2) is 9.48 Å². The highest BCUT2D eigenvalue weighted by atomic mass is 16.5. The van der Waals surface area contributed by atoms with Crippen molar-refractivity contribution in [2.24, 2.45) is 7.05 Å². The third-order valence-electron chi connectivity index (χ3n) is 1.50. The Labute approximate surface area is 73.9 Å². The fraction of sp³-hybridized carbons (Fsp3) is 0.286. The van der Waals surface area contributed by atoms with Gasteiger partial charge >= 0.3 is 5.97 Å². The number of anilines is 1. The summed E-state index contributed by atoms with van der Waals surface area (Å²) in [7, 11) is 2.64. The summed E-state index contributed by atoms with van der Waals surface area (Å²) in [5.41, 5.74) is 4.99. The molecule has 0 unspecified atom stereocenters. The Morgan fingerprint density at radius 1 is 1.69 bits per heavy atom. The van der Waals surface area contributed by atoms with E-state index in [1.165, 1.54) is 14.2 Å². The van der Waals surface area contributed by atoms with Gasteiger partial charge in [-0.05, 0) is 0 Å². The molecule has 0 spiro atoms. The summed E-state index contributed by atoms with van der Waals surface area (Å²) in [6, 6.07) is 1.12. The van der Waals surface area contributed by atoms with E-state index in [1.807, 2.05) is 0 Å². The summed E-state index contributed by atoms with van der Waals surface area (Å²) in [5.74, 6) is -0.659. The maximum absolute atomic E-state index is 11.0. The van der Waals surface area contributed by atoms with Gasteiger partial charge in [0, 0.05) is 13.1 Å². The molecule has 0 aliphatic rings. The minimum absolute atomic E-state index is 0.0231. The topological polar surface area (TPSA) is 87.2 Å². The molecule has 6 heteroatoms.